The molecule has 0 amide bonds. The molecule has 0 bridgehead atoms. The van der Waals surface area contributed by atoms with Gasteiger partial charge < -0.3 is 14.2 Å². The van der Waals surface area contributed by atoms with Gasteiger partial charge in [-0.05, 0) is 61.6 Å². The number of hydrogen-bond donors (Lipinski definition) is 0. The Bertz CT molecular complexity index is 1340. The summed E-state index contributed by atoms with van der Waals surface area (Å²) in [7, 11) is -2.61. The highest BCUT2D eigenvalue weighted by atomic mass is 32.2. The van der Waals surface area contributed by atoms with E-state index in [-0.39, 0.29) is 15.2 Å². The standard InChI is InChI=1S/C26H31FN2O4S/c1-4-5-12-29-17-25(34(31,32)20-8-6-19(33-3)7-9-20)26(30)21-15-22(27)24(16-23(21)29)28-13-10-18(2)11-14-28/h6-9,15-18H,4-5,10-14H2,1-3H3. The molecule has 0 saturated carbocycles. The van der Waals surface area contributed by atoms with E-state index in [0.29, 0.717) is 29.4 Å². The van der Waals surface area contributed by atoms with Crippen molar-refractivity contribution in [1.82, 2.24) is 4.57 Å². The third-order valence-electron chi connectivity index (χ3n) is 6.65. The molecule has 3 aromatic rings. The number of aromatic nitrogens is 1. The molecule has 8 heteroatoms. The van der Waals surface area contributed by atoms with Gasteiger partial charge >= 0.3 is 0 Å². The summed E-state index contributed by atoms with van der Waals surface area (Å²) in [6.45, 7) is 6.28. The molecule has 0 radical (unpaired) electrons. The second-order valence-corrected chi connectivity index (χ2v) is 11.0. The summed E-state index contributed by atoms with van der Waals surface area (Å²) in [6.07, 6.45) is 5.08. The highest BCUT2D eigenvalue weighted by Crippen LogP contribution is 2.30. The van der Waals surface area contributed by atoms with Crippen LogP contribution in [0.15, 0.2) is 57.2 Å². The maximum atomic E-state index is 15.2. The zero-order valence-corrected chi connectivity index (χ0v) is 20.7. The molecule has 0 aliphatic carbocycles. The van der Waals surface area contributed by atoms with Gasteiger partial charge in [0.1, 0.15) is 16.5 Å². The van der Waals surface area contributed by atoms with Crippen LogP contribution in [0.2, 0.25) is 0 Å². The summed E-state index contributed by atoms with van der Waals surface area (Å²) in [5.74, 6) is 0.618. The number of benzene rings is 2. The molecule has 0 atom stereocenters. The second-order valence-electron chi connectivity index (χ2n) is 9.04. The molecule has 2 heterocycles. The molecule has 0 spiro atoms. The molecule has 1 aliphatic heterocycles. The number of hydrogen-bond acceptors (Lipinski definition) is 5. The molecule has 0 unspecified atom stereocenters. The lowest BCUT2D eigenvalue weighted by Gasteiger charge is -2.32. The summed E-state index contributed by atoms with van der Waals surface area (Å²) >= 11 is 0. The number of piperidine rings is 1. The summed E-state index contributed by atoms with van der Waals surface area (Å²) < 4.78 is 48.9. The fourth-order valence-corrected chi connectivity index (χ4v) is 5.82. The third kappa shape index (κ3) is 4.56. The molecule has 6 nitrogen and oxygen atoms in total. The van der Waals surface area contributed by atoms with Crippen molar-refractivity contribution in [1.29, 1.82) is 0 Å². The Kier molecular flexibility index (Phi) is 6.98. The molecule has 0 N–H and O–H groups in total. The van der Waals surface area contributed by atoms with Crippen LogP contribution in [-0.2, 0) is 16.4 Å². The van der Waals surface area contributed by atoms with Gasteiger partial charge in [0.2, 0.25) is 15.3 Å². The van der Waals surface area contributed by atoms with Gasteiger partial charge in [-0.25, -0.2) is 12.8 Å². The predicted octanol–water partition coefficient (Wildman–Crippen LogP) is 5.02. The Morgan fingerprint density at radius 2 is 1.79 bits per heavy atom. The first-order valence-electron chi connectivity index (χ1n) is 11.8. The summed E-state index contributed by atoms with van der Waals surface area (Å²) in [4.78, 5) is 15.0. The number of unbranched alkanes of at least 4 members (excludes halogenated alkanes) is 1. The van der Waals surface area contributed by atoms with Gasteiger partial charge in [-0.2, -0.15) is 0 Å². The van der Waals surface area contributed by atoms with Crippen molar-refractivity contribution in [2.45, 2.75) is 55.9 Å². The molecule has 1 saturated heterocycles. The number of nitrogens with zero attached hydrogens (tertiary/aromatic N) is 2. The average Bonchev–Trinajstić information content (AvgIpc) is 2.84. The van der Waals surface area contributed by atoms with Crippen LogP contribution in [0.1, 0.15) is 39.5 Å². The molecule has 2 aromatic carbocycles. The van der Waals surface area contributed by atoms with Gasteiger partial charge in [0.15, 0.2) is 0 Å². The fraction of sp³-hybridized carbons (Fsp3) is 0.423. The fourth-order valence-electron chi connectivity index (χ4n) is 4.45. The zero-order valence-electron chi connectivity index (χ0n) is 19.9. The largest absolute Gasteiger partial charge is 0.497 e. The first-order valence-corrected chi connectivity index (χ1v) is 13.3. The lowest BCUT2D eigenvalue weighted by atomic mass is 9.98. The van der Waals surface area contributed by atoms with E-state index in [4.69, 9.17) is 4.74 Å². The van der Waals surface area contributed by atoms with Gasteiger partial charge in [0.25, 0.3) is 0 Å². The minimum absolute atomic E-state index is 0.00804. The van der Waals surface area contributed by atoms with E-state index in [1.54, 1.807) is 10.6 Å². The number of fused-ring (bicyclic) bond motifs is 1. The van der Waals surface area contributed by atoms with E-state index in [9.17, 15) is 13.2 Å². The van der Waals surface area contributed by atoms with Crippen molar-refractivity contribution < 1.29 is 17.5 Å². The smallest absolute Gasteiger partial charge is 0.211 e. The average molecular weight is 487 g/mol. The number of halogens is 1. The van der Waals surface area contributed by atoms with Crippen LogP contribution in [-0.4, -0.2) is 33.2 Å². The molecular weight excluding hydrogens is 455 g/mol. The zero-order chi connectivity index (χ0) is 24.5. The maximum Gasteiger partial charge on any atom is 0.211 e. The Balaban J connectivity index is 1.88. The number of aryl methyl sites for hydroxylation is 1. The van der Waals surface area contributed by atoms with Crippen molar-refractivity contribution in [2.75, 3.05) is 25.1 Å². The van der Waals surface area contributed by atoms with Gasteiger partial charge in [-0.3, -0.25) is 4.79 Å². The van der Waals surface area contributed by atoms with Crippen molar-refractivity contribution in [3.63, 3.8) is 0 Å². The van der Waals surface area contributed by atoms with E-state index in [1.165, 1.54) is 43.6 Å². The normalized spacial score (nSPS) is 15.1. The third-order valence-corrected chi connectivity index (χ3v) is 8.41. The predicted molar refractivity (Wildman–Crippen MR) is 132 cm³/mol. The summed E-state index contributed by atoms with van der Waals surface area (Å²) in [5.41, 5.74) is 0.341. The van der Waals surface area contributed by atoms with Gasteiger partial charge in [-0.15, -0.1) is 0 Å². The van der Waals surface area contributed by atoms with E-state index < -0.39 is 21.1 Å². The van der Waals surface area contributed by atoms with E-state index >= 15 is 4.39 Å². The molecule has 1 aromatic heterocycles. The molecule has 4 rings (SSSR count). The van der Waals surface area contributed by atoms with Gasteiger partial charge in [0, 0.05) is 25.8 Å². The number of sulfone groups is 1. The van der Waals surface area contributed by atoms with Crippen LogP contribution in [0.5, 0.6) is 5.75 Å². The molecule has 34 heavy (non-hydrogen) atoms. The lowest BCUT2D eigenvalue weighted by Crippen LogP contribution is -2.33. The number of pyridine rings is 1. The highest BCUT2D eigenvalue weighted by Gasteiger charge is 2.26. The minimum atomic E-state index is -4.10. The highest BCUT2D eigenvalue weighted by molar-refractivity contribution is 7.91. The summed E-state index contributed by atoms with van der Waals surface area (Å²) in [5, 5.41) is 0.0808. The Morgan fingerprint density at radius 1 is 1.12 bits per heavy atom. The Morgan fingerprint density at radius 3 is 2.41 bits per heavy atom. The Hall–Kier alpha value is -2.87. The molecular formula is C26H31FN2O4S. The van der Waals surface area contributed by atoms with E-state index in [2.05, 4.69) is 6.92 Å². The lowest BCUT2D eigenvalue weighted by molar-refractivity contribution is 0.414. The quantitative estimate of drug-likeness (QED) is 0.469. The molecule has 182 valence electrons. The maximum absolute atomic E-state index is 15.2. The number of methoxy groups -OCH3 is 1. The summed E-state index contributed by atoms with van der Waals surface area (Å²) in [6, 6.07) is 8.82. The van der Waals surface area contributed by atoms with Crippen molar-refractivity contribution >= 4 is 26.4 Å². The van der Waals surface area contributed by atoms with Crippen molar-refractivity contribution in [2.24, 2.45) is 5.92 Å². The van der Waals surface area contributed by atoms with Crippen molar-refractivity contribution in [3.05, 3.63) is 58.6 Å². The Labute approximate surface area is 199 Å². The first kappa shape index (κ1) is 24.3. The minimum Gasteiger partial charge on any atom is -0.497 e. The number of ether oxygens (including phenoxy) is 1. The SMILES string of the molecule is CCCCn1cc(S(=O)(=O)c2ccc(OC)cc2)c(=O)c2cc(F)c(N3CCC(C)CC3)cc21. The topological polar surface area (TPSA) is 68.6 Å². The number of anilines is 1. The van der Waals surface area contributed by atoms with Crippen LogP contribution < -0.4 is 15.1 Å². The number of rotatable bonds is 7. The van der Waals surface area contributed by atoms with Crippen LogP contribution in [0, 0.1) is 11.7 Å². The van der Waals surface area contributed by atoms with E-state index in [1.807, 2.05) is 11.8 Å². The van der Waals surface area contributed by atoms with Gasteiger partial charge in [-0.1, -0.05) is 20.3 Å². The molecule has 1 aliphatic rings. The van der Waals surface area contributed by atoms with Crippen LogP contribution in [0.25, 0.3) is 10.9 Å². The van der Waals surface area contributed by atoms with Crippen molar-refractivity contribution in [3.8, 4) is 5.75 Å². The monoisotopic (exact) mass is 486 g/mol. The van der Waals surface area contributed by atoms with E-state index in [0.717, 1.165) is 38.8 Å². The van der Waals surface area contributed by atoms with Crippen LogP contribution in [0.4, 0.5) is 10.1 Å². The van der Waals surface area contributed by atoms with Crippen LogP contribution >= 0.6 is 0 Å². The van der Waals surface area contributed by atoms with Crippen LogP contribution in [0.3, 0.4) is 0 Å². The van der Waals surface area contributed by atoms with Gasteiger partial charge in [0.05, 0.1) is 28.6 Å². The second kappa shape index (κ2) is 9.78. The first-order chi connectivity index (χ1) is 16.3. The molecule has 1 fully saturated rings.